The summed E-state index contributed by atoms with van der Waals surface area (Å²) in [4.78, 5) is 14.6. The summed E-state index contributed by atoms with van der Waals surface area (Å²) in [6, 6.07) is 11.6. The lowest BCUT2D eigenvalue weighted by Gasteiger charge is -2.19. The highest BCUT2D eigenvalue weighted by Crippen LogP contribution is 2.30. The van der Waals surface area contributed by atoms with Gasteiger partial charge in [0.1, 0.15) is 6.07 Å². The van der Waals surface area contributed by atoms with Gasteiger partial charge in [-0.15, -0.1) is 0 Å². The Bertz CT molecular complexity index is 1400. The fraction of sp³-hybridized carbons (Fsp3) is 0.250. The molecule has 0 aliphatic rings. The molecule has 2 aromatic carbocycles. The van der Waals surface area contributed by atoms with Crippen molar-refractivity contribution in [3.63, 3.8) is 0 Å². The lowest BCUT2D eigenvalue weighted by atomic mass is 10.1. The maximum absolute atomic E-state index is 12.9. The monoisotopic (exact) mass is 464 g/mol. The molecule has 1 heterocycles. The normalized spacial score (nSPS) is 11.2. The van der Waals surface area contributed by atoms with Crippen LogP contribution in [0.25, 0.3) is 10.9 Å². The molecule has 1 amide bonds. The molecule has 3 aromatic rings. The van der Waals surface area contributed by atoms with E-state index in [-0.39, 0.29) is 11.5 Å². The molecule has 0 unspecified atom stereocenters. The minimum absolute atomic E-state index is 0.0645. The first-order valence-corrected chi connectivity index (χ1v) is 11.6. The largest absolute Gasteiger partial charge is 0.436 e. The van der Waals surface area contributed by atoms with Gasteiger partial charge in [-0.05, 0) is 63.6 Å². The van der Waals surface area contributed by atoms with Crippen LogP contribution < -0.4 is 10.0 Å². The second-order valence-electron chi connectivity index (χ2n) is 8.38. The summed E-state index contributed by atoms with van der Waals surface area (Å²) >= 11 is 0. The molecule has 33 heavy (non-hydrogen) atoms. The van der Waals surface area contributed by atoms with Crippen LogP contribution >= 0.6 is 0 Å². The number of aryl methyl sites for hydroxylation is 1. The van der Waals surface area contributed by atoms with Gasteiger partial charge >= 0.3 is 6.09 Å². The average molecular weight is 465 g/mol. The Balaban J connectivity index is 1.71. The van der Waals surface area contributed by atoms with Crippen LogP contribution in [0.4, 0.5) is 10.5 Å². The zero-order valence-electron chi connectivity index (χ0n) is 18.7. The number of H-pyrrole nitrogens is 1. The third kappa shape index (κ3) is 5.85. The van der Waals surface area contributed by atoms with E-state index in [0.717, 1.165) is 5.56 Å². The van der Waals surface area contributed by atoms with Crippen LogP contribution in [0, 0.1) is 30.1 Å². The first kappa shape index (κ1) is 23.7. The molecule has 0 bridgehead atoms. The molecule has 8 nitrogen and oxygen atoms in total. The number of anilines is 1. The zero-order valence-corrected chi connectivity index (χ0v) is 19.6. The number of ether oxygens (including phenoxy) is 1. The van der Waals surface area contributed by atoms with E-state index in [1.807, 2.05) is 27.7 Å². The van der Waals surface area contributed by atoms with Gasteiger partial charge in [-0.25, -0.2) is 13.2 Å². The van der Waals surface area contributed by atoms with Crippen molar-refractivity contribution in [1.29, 1.82) is 5.26 Å². The summed E-state index contributed by atoms with van der Waals surface area (Å²) in [6.07, 6.45) is 0.998. The van der Waals surface area contributed by atoms with Crippen LogP contribution in [0.5, 0.6) is 0 Å². The highest BCUT2D eigenvalue weighted by atomic mass is 32.2. The number of carbonyl (C=O) groups is 1. The summed E-state index contributed by atoms with van der Waals surface area (Å²) in [5, 5.41) is 12.6. The van der Waals surface area contributed by atoms with Crippen molar-refractivity contribution in [3.05, 3.63) is 59.3 Å². The van der Waals surface area contributed by atoms with E-state index >= 15 is 0 Å². The molecule has 3 rings (SSSR count). The Hall–Kier alpha value is -3.95. The Morgan fingerprint density at radius 1 is 1.15 bits per heavy atom. The molecule has 0 aliphatic carbocycles. The molecule has 0 aliphatic heterocycles. The quantitative estimate of drug-likeness (QED) is 0.503. The zero-order chi connectivity index (χ0) is 24.2. The molecule has 0 saturated carbocycles. The lowest BCUT2D eigenvalue weighted by molar-refractivity contribution is 0.151. The fourth-order valence-corrected chi connectivity index (χ4v) is 4.17. The van der Waals surface area contributed by atoms with Crippen LogP contribution in [0.1, 0.15) is 37.5 Å². The SMILES string of the molecule is Cc1ccc(NS(=O)(=O)c2ccc(C#CCOC(=O)NC(C)(C)C)cc2)c2[nH]cc(C#N)c12. The van der Waals surface area contributed by atoms with Crippen molar-refractivity contribution in [2.75, 3.05) is 11.3 Å². The van der Waals surface area contributed by atoms with E-state index in [9.17, 15) is 18.5 Å². The molecule has 0 radical (unpaired) electrons. The molecule has 3 N–H and O–H groups in total. The molecule has 0 fully saturated rings. The average Bonchev–Trinajstić information content (AvgIpc) is 3.18. The number of benzene rings is 2. The van der Waals surface area contributed by atoms with Crippen molar-refractivity contribution in [2.45, 2.75) is 38.1 Å². The van der Waals surface area contributed by atoms with Crippen molar-refractivity contribution >= 4 is 32.7 Å². The van der Waals surface area contributed by atoms with E-state index in [4.69, 9.17) is 4.74 Å². The Labute approximate surface area is 193 Å². The van der Waals surface area contributed by atoms with Crippen molar-refractivity contribution in [2.24, 2.45) is 0 Å². The Morgan fingerprint density at radius 3 is 2.48 bits per heavy atom. The van der Waals surface area contributed by atoms with Crippen LogP contribution in [0.3, 0.4) is 0 Å². The number of nitrogens with zero attached hydrogens (tertiary/aromatic N) is 1. The number of nitriles is 1. The minimum atomic E-state index is -3.86. The highest BCUT2D eigenvalue weighted by Gasteiger charge is 2.18. The van der Waals surface area contributed by atoms with Gasteiger partial charge in [-0.1, -0.05) is 17.9 Å². The minimum Gasteiger partial charge on any atom is -0.436 e. The number of alkyl carbamates (subject to hydrolysis) is 1. The summed E-state index contributed by atoms with van der Waals surface area (Å²) in [5.41, 5.74) is 2.40. The molecule has 170 valence electrons. The second-order valence-corrected chi connectivity index (χ2v) is 10.1. The molecular formula is C24H24N4O4S. The van der Waals surface area contributed by atoms with Crippen LogP contribution in [-0.4, -0.2) is 31.6 Å². The van der Waals surface area contributed by atoms with Crippen LogP contribution in [-0.2, 0) is 14.8 Å². The van der Waals surface area contributed by atoms with Crippen LogP contribution in [0.15, 0.2) is 47.5 Å². The Kier molecular flexibility index (Phi) is 6.66. The number of hydrogen-bond donors (Lipinski definition) is 3. The first-order chi connectivity index (χ1) is 15.5. The molecule has 0 atom stereocenters. The predicted octanol–water partition coefficient (Wildman–Crippen LogP) is 4.03. The summed E-state index contributed by atoms with van der Waals surface area (Å²) in [6.45, 7) is 7.29. The molecular weight excluding hydrogens is 440 g/mol. The molecule has 9 heteroatoms. The third-order valence-corrected chi connectivity index (χ3v) is 5.94. The second kappa shape index (κ2) is 9.27. The smallest absolute Gasteiger partial charge is 0.408 e. The fourth-order valence-electron chi connectivity index (χ4n) is 3.10. The molecule has 0 spiro atoms. The number of carbonyl (C=O) groups excluding carboxylic acids is 1. The topological polar surface area (TPSA) is 124 Å². The standard InChI is InChI=1S/C24H24N4O4S/c1-16-7-12-20(22-21(16)18(14-25)15-26-22)28-33(30,31)19-10-8-17(9-11-19)6-5-13-32-23(29)27-24(2,3)4/h7-12,15,26,28H,13H2,1-4H3,(H,27,29). The maximum Gasteiger partial charge on any atom is 0.408 e. The first-order valence-electron chi connectivity index (χ1n) is 10.1. The van der Waals surface area contributed by atoms with Gasteiger partial charge in [-0.3, -0.25) is 4.72 Å². The summed E-state index contributed by atoms with van der Waals surface area (Å²) < 4.78 is 33.3. The van der Waals surface area contributed by atoms with Crippen LogP contribution in [0.2, 0.25) is 0 Å². The van der Waals surface area contributed by atoms with Gasteiger partial charge in [0.25, 0.3) is 10.0 Å². The van der Waals surface area contributed by atoms with E-state index in [2.05, 4.69) is 32.9 Å². The van der Waals surface area contributed by atoms with Crippen molar-refractivity contribution < 1.29 is 17.9 Å². The Morgan fingerprint density at radius 2 is 1.85 bits per heavy atom. The van der Waals surface area contributed by atoms with E-state index < -0.39 is 21.7 Å². The number of fused-ring (bicyclic) bond motifs is 1. The number of rotatable bonds is 4. The maximum atomic E-state index is 12.9. The summed E-state index contributed by atoms with van der Waals surface area (Å²) in [7, 11) is -3.86. The van der Waals surface area contributed by atoms with Gasteiger partial charge < -0.3 is 15.0 Å². The molecule has 0 saturated heterocycles. The van der Waals surface area contributed by atoms with Crippen molar-refractivity contribution in [1.82, 2.24) is 10.3 Å². The van der Waals surface area contributed by atoms with E-state index in [0.29, 0.717) is 27.7 Å². The lowest BCUT2D eigenvalue weighted by Crippen LogP contribution is -2.40. The number of aromatic amines is 1. The number of amides is 1. The number of sulfonamides is 1. The highest BCUT2D eigenvalue weighted by molar-refractivity contribution is 7.92. The predicted molar refractivity (Wildman–Crippen MR) is 126 cm³/mol. The van der Waals surface area contributed by atoms with Gasteiger partial charge in [0.2, 0.25) is 0 Å². The number of hydrogen-bond acceptors (Lipinski definition) is 5. The van der Waals surface area contributed by atoms with Gasteiger partial charge in [0, 0.05) is 22.7 Å². The van der Waals surface area contributed by atoms with E-state index in [1.54, 1.807) is 30.5 Å². The van der Waals surface area contributed by atoms with Gasteiger partial charge in [0.15, 0.2) is 6.61 Å². The molecule has 1 aromatic heterocycles. The van der Waals surface area contributed by atoms with Gasteiger partial charge in [-0.2, -0.15) is 5.26 Å². The van der Waals surface area contributed by atoms with E-state index in [1.165, 1.54) is 12.1 Å². The van der Waals surface area contributed by atoms with Crippen molar-refractivity contribution in [3.8, 4) is 17.9 Å². The summed E-state index contributed by atoms with van der Waals surface area (Å²) in [5.74, 6) is 5.55. The third-order valence-electron chi connectivity index (χ3n) is 4.56. The number of aromatic nitrogens is 1. The van der Waals surface area contributed by atoms with Gasteiger partial charge in [0.05, 0.1) is 21.7 Å². The number of nitrogens with one attached hydrogen (secondary N) is 3.